The van der Waals surface area contributed by atoms with Crippen molar-refractivity contribution in [2.75, 3.05) is 25.6 Å². The van der Waals surface area contributed by atoms with Crippen molar-refractivity contribution >= 4 is 29.2 Å². The molecule has 0 aliphatic carbocycles. The number of nitrogens with zero attached hydrogens (tertiary/aromatic N) is 1. The van der Waals surface area contributed by atoms with Gasteiger partial charge in [-0.05, 0) is 49.2 Å². The highest BCUT2D eigenvalue weighted by molar-refractivity contribution is 6.32. The second kappa shape index (κ2) is 9.52. The number of benzene rings is 2. The van der Waals surface area contributed by atoms with E-state index in [-0.39, 0.29) is 17.6 Å². The van der Waals surface area contributed by atoms with Crippen LogP contribution in [0.4, 0.5) is 10.1 Å². The van der Waals surface area contributed by atoms with E-state index in [1.54, 1.807) is 18.2 Å². The minimum absolute atomic E-state index is 0.0160. The van der Waals surface area contributed by atoms with Crippen LogP contribution in [0.3, 0.4) is 0 Å². The summed E-state index contributed by atoms with van der Waals surface area (Å²) in [5, 5.41) is 6.14. The molecule has 1 aliphatic rings. The Labute approximate surface area is 167 Å². The molecule has 28 heavy (non-hydrogen) atoms. The largest absolute Gasteiger partial charge is 0.495 e. The molecule has 1 fully saturated rings. The van der Waals surface area contributed by atoms with E-state index in [0.29, 0.717) is 29.6 Å². The summed E-state index contributed by atoms with van der Waals surface area (Å²) in [6.45, 7) is 1.11. The van der Waals surface area contributed by atoms with E-state index in [0.717, 1.165) is 18.9 Å². The van der Waals surface area contributed by atoms with E-state index in [9.17, 15) is 9.18 Å². The maximum Gasteiger partial charge on any atom is 0.258 e. The quantitative estimate of drug-likeness (QED) is 0.585. The number of nitrogens with one attached hydrogen (secondary N) is 2. The Bertz CT molecular complexity index is 870. The zero-order chi connectivity index (χ0) is 19.9. The van der Waals surface area contributed by atoms with Crippen LogP contribution in [0.5, 0.6) is 5.75 Å². The first-order valence-electron chi connectivity index (χ1n) is 8.88. The first-order valence-corrected chi connectivity index (χ1v) is 9.26. The first kappa shape index (κ1) is 20.1. The zero-order valence-corrected chi connectivity index (χ0v) is 16.1. The minimum atomic E-state index is -0.486. The van der Waals surface area contributed by atoms with Gasteiger partial charge >= 0.3 is 0 Å². The molecule has 0 radical (unpaired) electrons. The molecule has 2 aromatic rings. The molecule has 2 N–H and O–H groups in total. The number of rotatable bonds is 5. The summed E-state index contributed by atoms with van der Waals surface area (Å²) in [4.78, 5) is 16.9. The van der Waals surface area contributed by atoms with Crippen molar-refractivity contribution in [2.45, 2.75) is 18.9 Å². The Kier molecular flexibility index (Phi) is 6.84. The normalized spacial score (nSPS) is 16.7. The molecule has 0 unspecified atom stereocenters. The van der Waals surface area contributed by atoms with Crippen molar-refractivity contribution in [3.8, 4) is 5.75 Å². The highest BCUT2D eigenvalue weighted by Crippen LogP contribution is 2.27. The molecule has 2 aromatic carbocycles. The number of halogens is 2. The number of methoxy groups -OCH3 is 1. The Hall–Kier alpha value is -2.64. The molecule has 1 aliphatic heterocycles. The van der Waals surface area contributed by atoms with E-state index in [2.05, 4.69) is 15.6 Å². The Morgan fingerprint density at radius 3 is 2.89 bits per heavy atom. The van der Waals surface area contributed by atoms with E-state index in [4.69, 9.17) is 21.1 Å². The van der Waals surface area contributed by atoms with Crippen LogP contribution in [0.1, 0.15) is 23.2 Å². The average molecular weight is 406 g/mol. The van der Waals surface area contributed by atoms with Crippen LogP contribution in [0, 0.1) is 5.82 Å². The number of hydrogen-bond acceptors (Lipinski definition) is 4. The van der Waals surface area contributed by atoms with Crippen molar-refractivity contribution in [3.63, 3.8) is 0 Å². The molecule has 1 heterocycles. The predicted molar refractivity (Wildman–Crippen MR) is 107 cm³/mol. The Morgan fingerprint density at radius 2 is 2.21 bits per heavy atom. The van der Waals surface area contributed by atoms with Crippen LogP contribution >= 0.6 is 11.6 Å². The van der Waals surface area contributed by atoms with Gasteiger partial charge in [-0.2, -0.15) is 0 Å². The van der Waals surface area contributed by atoms with Crippen LogP contribution in [0.25, 0.3) is 0 Å². The lowest BCUT2D eigenvalue weighted by Gasteiger charge is -2.14. The molecule has 3 rings (SSSR count). The summed E-state index contributed by atoms with van der Waals surface area (Å²) in [5.41, 5.74) is 0.816. The lowest BCUT2D eigenvalue weighted by atomic mass is 10.2. The SMILES string of the molecule is COc1ccc(NC(=NC[C@H]2CCCO2)NC(=O)c2cccc(F)c2)cc1Cl. The fourth-order valence-corrected chi connectivity index (χ4v) is 3.04. The van der Waals surface area contributed by atoms with Gasteiger partial charge < -0.3 is 14.8 Å². The Balaban J connectivity index is 1.77. The topological polar surface area (TPSA) is 71.9 Å². The third kappa shape index (κ3) is 5.43. The van der Waals surface area contributed by atoms with Gasteiger partial charge in [-0.25, -0.2) is 9.38 Å². The van der Waals surface area contributed by atoms with Crippen LogP contribution < -0.4 is 15.4 Å². The molecule has 0 bridgehead atoms. The van der Waals surface area contributed by atoms with Crippen LogP contribution in [0.2, 0.25) is 5.02 Å². The fraction of sp³-hybridized carbons (Fsp3) is 0.300. The molecule has 148 valence electrons. The maximum atomic E-state index is 13.4. The van der Waals surface area contributed by atoms with Crippen molar-refractivity contribution in [1.82, 2.24) is 5.32 Å². The van der Waals surface area contributed by atoms with Crippen molar-refractivity contribution in [3.05, 3.63) is 58.9 Å². The highest BCUT2D eigenvalue weighted by Gasteiger charge is 2.16. The fourth-order valence-electron chi connectivity index (χ4n) is 2.78. The maximum absolute atomic E-state index is 13.4. The predicted octanol–water partition coefficient (Wildman–Crippen LogP) is 3.86. The van der Waals surface area contributed by atoms with Crippen molar-refractivity contribution < 1.29 is 18.7 Å². The molecule has 0 spiro atoms. The number of ether oxygens (including phenoxy) is 2. The zero-order valence-electron chi connectivity index (χ0n) is 15.4. The minimum Gasteiger partial charge on any atom is -0.495 e. The lowest BCUT2D eigenvalue weighted by molar-refractivity contribution is 0.0975. The van der Waals surface area contributed by atoms with Crippen LogP contribution in [-0.4, -0.2) is 38.2 Å². The summed E-state index contributed by atoms with van der Waals surface area (Å²) in [6, 6.07) is 10.6. The highest BCUT2D eigenvalue weighted by atomic mass is 35.5. The van der Waals surface area contributed by atoms with E-state index in [1.165, 1.54) is 25.3 Å². The number of aliphatic imine (C=N–C) groups is 1. The third-order valence-electron chi connectivity index (χ3n) is 4.21. The van der Waals surface area contributed by atoms with Gasteiger partial charge in [0, 0.05) is 17.9 Å². The van der Waals surface area contributed by atoms with Gasteiger partial charge in [-0.3, -0.25) is 10.1 Å². The second-order valence-corrected chi connectivity index (χ2v) is 6.67. The molecule has 1 amide bonds. The van der Waals surface area contributed by atoms with Crippen LogP contribution in [0.15, 0.2) is 47.5 Å². The molecule has 1 saturated heterocycles. The summed E-state index contributed by atoms with van der Waals surface area (Å²) in [7, 11) is 1.53. The Morgan fingerprint density at radius 1 is 1.36 bits per heavy atom. The number of guanidine groups is 1. The smallest absolute Gasteiger partial charge is 0.258 e. The van der Waals surface area contributed by atoms with Crippen LogP contribution in [-0.2, 0) is 4.74 Å². The first-order chi connectivity index (χ1) is 13.5. The monoisotopic (exact) mass is 405 g/mol. The summed E-state index contributed by atoms with van der Waals surface area (Å²) in [5.74, 6) is -0.196. The van der Waals surface area contributed by atoms with Gasteiger partial charge in [0.15, 0.2) is 0 Å². The van der Waals surface area contributed by atoms with E-state index < -0.39 is 11.7 Å². The molecule has 6 nitrogen and oxygen atoms in total. The molecule has 1 atom stereocenters. The summed E-state index contributed by atoms with van der Waals surface area (Å²) in [6.07, 6.45) is 1.93. The van der Waals surface area contributed by atoms with Gasteiger partial charge in [0.25, 0.3) is 5.91 Å². The van der Waals surface area contributed by atoms with Gasteiger partial charge in [0.1, 0.15) is 11.6 Å². The molecular formula is C20H21ClFN3O3. The molecule has 0 aromatic heterocycles. The molecule has 0 saturated carbocycles. The number of anilines is 1. The van der Waals surface area contributed by atoms with Crippen molar-refractivity contribution in [1.29, 1.82) is 0 Å². The van der Waals surface area contributed by atoms with Gasteiger partial charge in [-0.1, -0.05) is 17.7 Å². The molecular weight excluding hydrogens is 385 g/mol. The number of hydrogen-bond donors (Lipinski definition) is 2. The summed E-state index contributed by atoms with van der Waals surface area (Å²) >= 11 is 6.16. The molecule has 8 heteroatoms. The number of carbonyl (C=O) groups excluding carboxylic acids is 1. The number of carbonyl (C=O) groups is 1. The third-order valence-corrected chi connectivity index (χ3v) is 4.51. The van der Waals surface area contributed by atoms with E-state index in [1.807, 2.05) is 0 Å². The van der Waals surface area contributed by atoms with Gasteiger partial charge in [0.2, 0.25) is 5.96 Å². The standard InChI is InChI=1S/C20H21ClFN3O3/c1-27-18-8-7-15(11-17(18)21)24-20(23-12-16-6-3-9-28-16)25-19(26)13-4-2-5-14(22)10-13/h2,4-5,7-8,10-11,16H,3,6,9,12H2,1H3,(H2,23,24,25,26)/t16-/m1/s1. The van der Waals surface area contributed by atoms with E-state index >= 15 is 0 Å². The van der Waals surface area contributed by atoms with Crippen molar-refractivity contribution in [2.24, 2.45) is 4.99 Å². The van der Waals surface area contributed by atoms with Gasteiger partial charge in [-0.15, -0.1) is 0 Å². The second-order valence-electron chi connectivity index (χ2n) is 6.26. The number of amides is 1. The van der Waals surface area contributed by atoms with Gasteiger partial charge in [0.05, 0.1) is 24.8 Å². The average Bonchev–Trinajstić information content (AvgIpc) is 3.20. The lowest BCUT2D eigenvalue weighted by Crippen LogP contribution is -2.36. The summed E-state index contributed by atoms with van der Waals surface area (Å²) < 4.78 is 24.1.